The van der Waals surface area contributed by atoms with Gasteiger partial charge >= 0.3 is 0 Å². The average molecular weight is 328 g/mol. The van der Waals surface area contributed by atoms with E-state index < -0.39 is 4.92 Å². The summed E-state index contributed by atoms with van der Waals surface area (Å²) in [7, 11) is 2.04. The third-order valence-electron chi connectivity index (χ3n) is 3.61. The Labute approximate surface area is 130 Å². The first-order valence-electron chi connectivity index (χ1n) is 6.43. The normalized spacial score (nSPS) is 16.6. The van der Waals surface area contributed by atoms with Gasteiger partial charge in [0, 0.05) is 32.2 Å². The largest absolute Gasteiger partial charge is 0.375 e. The lowest BCUT2D eigenvalue weighted by atomic mass is 10.2. The molecule has 1 aromatic heterocycles. The van der Waals surface area contributed by atoms with E-state index in [1.54, 1.807) is 0 Å². The standard InChI is InChI=1S/C12H14ClN5O2S/c1-16-2-4-17(5-3-16)10-8(18(19)20)6-7(13)9-11(10)21-12(14)15-9/h6H,2-5H2,1H3,(H2,14,15). The third-order valence-corrected chi connectivity index (χ3v) is 4.79. The summed E-state index contributed by atoms with van der Waals surface area (Å²) >= 11 is 7.35. The molecule has 112 valence electrons. The number of nitro groups is 1. The van der Waals surface area contributed by atoms with E-state index in [4.69, 9.17) is 17.3 Å². The first kappa shape index (κ1) is 14.3. The number of hydrogen-bond donors (Lipinski definition) is 1. The highest BCUT2D eigenvalue weighted by atomic mass is 35.5. The molecule has 0 atom stereocenters. The van der Waals surface area contributed by atoms with Gasteiger partial charge in [-0.1, -0.05) is 22.9 Å². The Balaban J connectivity index is 2.20. The van der Waals surface area contributed by atoms with Gasteiger partial charge in [0.05, 0.1) is 14.6 Å². The number of halogens is 1. The van der Waals surface area contributed by atoms with E-state index in [0.717, 1.165) is 26.2 Å². The molecular formula is C12H14ClN5O2S. The number of nitrogens with two attached hydrogens (primary N) is 1. The minimum absolute atomic E-state index is 0.0145. The minimum atomic E-state index is -0.394. The average Bonchev–Trinajstić information content (AvgIpc) is 2.82. The van der Waals surface area contributed by atoms with E-state index in [9.17, 15) is 10.1 Å². The number of likely N-dealkylation sites (N-methyl/N-ethyl adjacent to an activating group) is 1. The first-order chi connectivity index (χ1) is 9.97. The third kappa shape index (κ3) is 2.50. The lowest BCUT2D eigenvalue weighted by Crippen LogP contribution is -2.44. The van der Waals surface area contributed by atoms with Crippen LogP contribution in [0.3, 0.4) is 0 Å². The van der Waals surface area contributed by atoms with Crippen LogP contribution in [0.25, 0.3) is 10.2 Å². The van der Waals surface area contributed by atoms with Crippen LogP contribution in [0, 0.1) is 10.1 Å². The molecule has 0 radical (unpaired) electrons. The van der Waals surface area contributed by atoms with Crippen molar-refractivity contribution in [3.63, 3.8) is 0 Å². The van der Waals surface area contributed by atoms with E-state index in [1.807, 2.05) is 11.9 Å². The molecule has 1 aliphatic heterocycles. The second-order valence-corrected chi connectivity index (χ2v) is 6.44. The summed E-state index contributed by atoms with van der Waals surface area (Å²) in [4.78, 5) is 19.4. The van der Waals surface area contributed by atoms with Crippen molar-refractivity contribution in [1.29, 1.82) is 0 Å². The summed E-state index contributed by atoms with van der Waals surface area (Å²) in [6, 6.07) is 1.37. The molecule has 1 aromatic carbocycles. The van der Waals surface area contributed by atoms with Crippen LogP contribution in [0.15, 0.2) is 6.07 Å². The van der Waals surface area contributed by atoms with Crippen molar-refractivity contribution in [2.24, 2.45) is 0 Å². The Morgan fingerprint density at radius 3 is 2.71 bits per heavy atom. The van der Waals surface area contributed by atoms with Crippen molar-refractivity contribution < 1.29 is 4.92 Å². The zero-order valence-electron chi connectivity index (χ0n) is 11.4. The van der Waals surface area contributed by atoms with Crippen LogP contribution < -0.4 is 10.6 Å². The quantitative estimate of drug-likeness (QED) is 0.672. The van der Waals surface area contributed by atoms with Crippen LogP contribution in [0.1, 0.15) is 0 Å². The number of anilines is 2. The van der Waals surface area contributed by atoms with Gasteiger partial charge < -0.3 is 15.5 Å². The number of hydrogen-bond acceptors (Lipinski definition) is 7. The maximum atomic E-state index is 11.4. The van der Waals surface area contributed by atoms with Gasteiger partial charge in [0.2, 0.25) is 0 Å². The van der Waals surface area contributed by atoms with Gasteiger partial charge in [-0.05, 0) is 7.05 Å². The Morgan fingerprint density at radius 1 is 1.43 bits per heavy atom. The fourth-order valence-corrected chi connectivity index (χ4v) is 3.73. The molecule has 3 rings (SSSR count). The Hall–Kier alpha value is -1.64. The van der Waals surface area contributed by atoms with E-state index in [-0.39, 0.29) is 10.7 Å². The highest BCUT2D eigenvalue weighted by Crippen LogP contribution is 2.43. The van der Waals surface area contributed by atoms with Crippen molar-refractivity contribution in [1.82, 2.24) is 9.88 Å². The summed E-state index contributed by atoms with van der Waals surface area (Å²) in [6.07, 6.45) is 0. The van der Waals surface area contributed by atoms with E-state index in [0.29, 0.717) is 21.0 Å². The van der Waals surface area contributed by atoms with Crippen LogP contribution in [-0.4, -0.2) is 48.0 Å². The van der Waals surface area contributed by atoms with Gasteiger partial charge in [0.15, 0.2) is 5.13 Å². The molecule has 0 amide bonds. The van der Waals surface area contributed by atoms with Crippen molar-refractivity contribution in [2.45, 2.75) is 0 Å². The maximum Gasteiger partial charge on any atom is 0.295 e. The van der Waals surface area contributed by atoms with E-state index >= 15 is 0 Å². The molecule has 9 heteroatoms. The molecule has 0 saturated carbocycles. The predicted molar refractivity (Wildman–Crippen MR) is 85.4 cm³/mol. The molecule has 2 heterocycles. The van der Waals surface area contributed by atoms with Crippen LogP contribution in [0.4, 0.5) is 16.5 Å². The first-order valence-corrected chi connectivity index (χ1v) is 7.63. The smallest absolute Gasteiger partial charge is 0.295 e. The maximum absolute atomic E-state index is 11.4. The molecule has 21 heavy (non-hydrogen) atoms. The number of thiazole rings is 1. The number of piperazine rings is 1. The minimum Gasteiger partial charge on any atom is -0.375 e. The highest BCUT2D eigenvalue weighted by molar-refractivity contribution is 7.22. The number of fused-ring (bicyclic) bond motifs is 1. The second kappa shape index (κ2) is 5.28. The summed E-state index contributed by atoms with van der Waals surface area (Å²) in [5.41, 5.74) is 6.90. The van der Waals surface area contributed by atoms with Crippen molar-refractivity contribution in [3.05, 3.63) is 21.2 Å². The molecular weight excluding hydrogens is 314 g/mol. The molecule has 0 spiro atoms. The summed E-state index contributed by atoms with van der Waals surface area (Å²) < 4.78 is 0.691. The van der Waals surface area contributed by atoms with E-state index in [1.165, 1.54) is 17.4 Å². The van der Waals surface area contributed by atoms with Crippen LogP contribution in [0.2, 0.25) is 5.02 Å². The Morgan fingerprint density at radius 2 is 2.10 bits per heavy atom. The number of nitrogen functional groups attached to an aromatic ring is 1. The SMILES string of the molecule is CN1CCN(c2c([N+](=O)[O-])cc(Cl)c3nc(N)sc23)CC1. The molecule has 1 fully saturated rings. The van der Waals surface area contributed by atoms with Gasteiger partial charge in [-0.25, -0.2) is 4.98 Å². The lowest BCUT2D eigenvalue weighted by molar-refractivity contribution is -0.384. The van der Waals surface area contributed by atoms with Crippen LogP contribution >= 0.6 is 22.9 Å². The fourth-order valence-electron chi connectivity index (χ4n) is 2.51. The lowest BCUT2D eigenvalue weighted by Gasteiger charge is -2.33. The van der Waals surface area contributed by atoms with Gasteiger partial charge in [-0.2, -0.15) is 0 Å². The van der Waals surface area contributed by atoms with Gasteiger partial charge in [-0.15, -0.1) is 0 Å². The monoisotopic (exact) mass is 327 g/mol. The number of rotatable bonds is 2. The summed E-state index contributed by atoms with van der Waals surface area (Å²) in [5, 5.41) is 12.0. The molecule has 2 aromatic rings. The number of nitro benzene ring substituents is 1. The number of nitrogens with zero attached hydrogens (tertiary/aromatic N) is 4. The van der Waals surface area contributed by atoms with Crippen molar-refractivity contribution >= 4 is 49.7 Å². The van der Waals surface area contributed by atoms with Crippen LogP contribution in [0.5, 0.6) is 0 Å². The number of benzene rings is 1. The van der Waals surface area contributed by atoms with E-state index in [2.05, 4.69) is 9.88 Å². The molecule has 0 aliphatic carbocycles. The van der Waals surface area contributed by atoms with Gasteiger partial charge in [0.25, 0.3) is 5.69 Å². The van der Waals surface area contributed by atoms with Crippen molar-refractivity contribution in [3.8, 4) is 0 Å². The molecule has 1 saturated heterocycles. The molecule has 2 N–H and O–H groups in total. The zero-order valence-corrected chi connectivity index (χ0v) is 12.9. The number of aromatic nitrogens is 1. The summed E-state index contributed by atoms with van der Waals surface area (Å²) in [6.45, 7) is 3.17. The Bertz CT molecular complexity index is 711. The predicted octanol–water partition coefficient (Wildman–Crippen LogP) is 2.19. The molecule has 7 nitrogen and oxygen atoms in total. The van der Waals surface area contributed by atoms with Gasteiger partial charge in [-0.3, -0.25) is 10.1 Å². The van der Waals surface area contributed by atoms with Gasteiger partial charge in [0.1, 0.15) is 11.2 Å². The highest BCUT2D eigenvalue weighted by Gasteiger charge is 2.28. The topological polar surface area (TPSA) is 88.5 Å². The zero-order chi connectivity index (χ0) is 15.1. The fraction of sp³-hybridized carbons (Fsp3) is 0.417. The Kier molecular flexibility index (Phi) is 3.60. The summed E-state index contributed by atoms with van der Waals surface area (Å²) in [5.74, 6) is 0. The van der Waals surface area contributed by atoms with Crippen molar-refractivity contribution in [2.75, 3.05) is 43.9 Å². The molecule has 0 bridgehead atoms. The molecule has 1 aliphatic rings. The van der Waals surface area contributed by atoms with Crippen LogP contribution in [-0.2, 0) is 0 Å². The second-order valence-electron chi connectivity index (χ2n) is 5.00. The molecule has 0 unspecified atom stereocenters.